The first-order valence-electron chi connectivity index (χ1n) is 4.40. The highest BCUT2D eigenvalue weighted by atomic mass is 16.5. The van der Waals surface area contributed by atoms with Crippen LogP contribution in [0, 0.1) is 0 Å². The second kappa shape index (κ2) is 5.29. The van der Waals surface area contributed by atoms with Gasteiger partial charge in [0, 0.05) is 18.2 Å². The SMILES string of the molecule is COc1ccc(/C=C/CN)c(OC)c1. The van der Waals surface area contributed by atoms with Gasteiger partial charge in [0.1, 0.15) is 11.5 Å². The lowest BCUT2D eigenvalue weighted by atomic mass is 10.2. The maximum atomic E-state index is 5.37. The van der Waals surface area contributed by atoms with Gasteiger partial charge in [-0.2, -0.15) is 0 Å². The Morgan fingerprint density at radius 2 is 2.07 bits per heavy atom. The summed E-state index contributed by atoms with van der Waals surface area (Å²) in [5.74, 6) is 1.57. The van der Waals surface area contributed by atoms with Crippen LogP contribution in [0.15, 0.2) is 24.3 Å². The van der Waals surface area contributed by atoms with Crippen LogP contribution in [0.1, 0.15) is 5.56 Å². The Morgan fingerprint density at radius 3 is 2.64 bits per heavy atom. The van der Waals surface area contributed by atoms with E-state index in [1.165, 1.54) is 0 Å². The molecule has 1 rings (SSSR count). The molecule has 0 fully saturated rings. The number of rotatable bonds is 4. The fourth-order valence-electron chi connectivity index (χ4n) is 1.15. The Balaban J connectivity index is 2.99. The molecule has 3 heteroatoms. The minimum atomic E-state index is 0.523. The molecule has 14 heavy (non-hydrogen) atoms. The molecule has 0 saturated carbocycles. The molecular formula is C11H15NO2. The van der Waals surface area contributed by atoms with E-state index in [2.05, 4.69) is 0 Å². The van der Waals surface area contributed by atoms with Crippen LogP contribution in [0.2, 0.25) is 0 Å². The first-order chi connectivity index (χ1) is 6.81. The number of methoxy groups -OCH3 is 2. The van der Waals surface area contributed by atoms with Crippen molar-refractivity contribution in [1.29, 1.82) is 0 Å². The van der Waals surface area contributed by atoms with Gasteiger partial charge >= 0.3 is 0 Å². The molecule has 2 N–H and O–H groups in total. The van der Waals surface area contributed by atoms with Crippen LogP contribution in [0.25, 0.3) is 6.08 Å². The molecule has 0 radical (unpaired) electrons. The molecule has 0 aromatic heterocycles. The number of hydrogen-bond acceptors (Lipinski definition) is 3. The van der Waals surface area contributed by atoms with Crippen molar-refractivity contribution in [3.8, 4) is 11.5 Å². The van der Waals surface area contributed by atoms with Crippen molar-refractivity contribution in [2.75, 3.05) is 20.8 Å². The van der Waals surface area contributed by atoms with Crippen molar-refractivity contribution in [1.82, 2.24) is 0 Å². The van der Waals surface area contributed by atoms with Crippen LogP contribution in [0.3, 0.4) is 0 Å². The third-order valence-electron chi connectivity index (χ3n) is 1.87. The summed E-state index contributed by atoms with van der Waals surface area (Å²) in [5.41, 5.74) is 6.37. The minimum Gasteiger partial charge on any atom is -0.497 e. The fourth-order valence-corrected chi connectivity index (χ4v) is 1.15. The summed E-state index contributed by atoms with van der Waals surface area (Å²) >= 11 is 0. The van der Waals surface area contributed by atoms with Crippen molar-refractivity contribution in [3.05, 3.63) is 29.8 Å². The average molecular weight is 193 g/mol. The fraction of sp³-hybridized carbons (Fsp3) is 0.273. The average Bonchev–Trinajstić information content (AvgIpc) is 2.26. The molecule has 0 atom stereocenters. The van der Waals surface area contributed by atoms with Crippen LogP contribution in [-0.2, 0) is 0 Å². The first-order valence-corrected chi connectivity index (χ1v) is 4.40. The summed E-state index contributed by atoms with van der Waals surface area (Å²) in [6.45, 7) is 0.523. The molecule has 0 heterocycles. The second-order valence-electron chi connectivity index (χ2n) is 2.75. The predicted octanol–water partition coefficient (Wildman–Crippen LogP) is 1.68. The number of nitrogens with two attached hydrogens (primary N) is 1. The number of hydrogen-bond donors (Lipinski definition) is 1. The molecule has 1 aromatic carbocycles. The van der Waals surface area contributed by atoms with Crippen molar-refractivity contribution in [2.24, 2.45) is 5.73 Å². The predicted molar refractivity (Wildman–Crippen MR) is 57.6 cm³/mol. The maximum absolute atomic E-state index is 5.37. The van der Waals surface area contributed by atoms with Gasteiger partial charge in [0.25, 0.3) is 0 Å². The zero-order chi connectivity index (χ0) is 10.4. The monoisotopic (exact) mass is 193 g/mol. The number of ether oxygens (including phenoxy) is 2. The lowest BCUT2D eigenvalue weighted by Gasteiger charge is -2.06. The van der Waals surface area contributed by atoms with Crippen molar-refractivity contribution >= 4 is 6.08 Å². The Kier molecular flexibility index (Phi) is 4.01. The van der Waals surface area contributed by atoms with Crippen LogP contribution >= 0.6 is 0 Å². The lowest BCUT2D eigenvalue weighted by molar-refractivity contribution is 0.394. The highest BCUT2D eigenvalue weighted by Crippen LogP contribution is 2.25. The smallest absolute Gasteiger partial charge is 0.129 e. The number of benzene rings is 1. The molecule has 0 aliphatic heterocycles. The van der Waals surface area contributed by atoms with E-state index >= 15 is 0 Å². The van der Waals surface area contributed by atoms with Crippen LogP contribution in [-0.4, -0.2) is 20.8 Å². The van der Waals surface area contributed by atoms with Gasteiger partial charge in [0.05, 0.1) is 14.2 Å². The van der Waals surface area contributed by atoms with E-state index in [1.807, 2.05) is 30.4 Å². The van der Waals surface area contributed by atoms with Crippen molar-refractivity contribution in [3.63, 3.8) is 0 Å². The molecule has 0 bridgehead atoms. The molecule has 0 saturated heterocycles. The molecule has 0 aliphatic rings. The summed E-state index contributed by atoms with van der Waals surface area (Å²) in [6, 6.07) is 5.67. The Bertz CT molecular complexity index is 321. The van der Waals surface area contributed by atoms with Crippen LogP contribution < -0.4 is 15.2 Å². The topological polar surface area (TPSA) is 44.5 Å². The molecule has 0 unspecified atom stereocenters. The largest absolute Gasteiger partial charge is 0.497 e. The summed E-state index contributed by atoms with van der Waals surface area (Å²) in [5, 5.41) is 0. The standard InChI is InChI=1S/C11H15NO2/c1-13-10-6-5-9(4-3-7-12)11(8-10)14-2/h3-6,8H,7,12H2,1-2H3/b4-3+. The molecule has 0 spiro atoms. The van der Waals surface area contributed by atoms with E-state index in [4.69, 9.17) is 15.2 Å². The Hall–Kier alpha value is -1.48. The van der Waals surface area contributed by atoms with Gasteiger partial charge in [-0.3, -0.25) is 0 Å². The third-order valence-corrected chi connectivity index (χ3v) is 1.87. The van der Waals surface area contributed by atoms with Gasteiger partial charge in [-0.1, -0.05) is 12.2 Å². The van der Waals surface area contributed by atoms with E-state index in [9.17, 15) is 0 Å². The van der Waals surface area contributed by atoms with Crippen molar-refractivity contribution in [2.45, 2.75) is 0 Å². The minimum absolute atomic E-state index is 0.523. The first kappa shape index (κ1) is 10.6. The van der Waals surface area contributed by atoms with Gasteiger partial charge in [0.2, 0.25) is 0 Å². The van der Waals surface area contributed by atoms with Gasteiger partial charge in [-0.25, -0.2) is 0 Å². The molecule has 0 amide bonds. The molecule has 3 nitrogen and oxygen atoms in total. The molecule has 1 aromatic rings. The summed E-state index contributed by atoms with van der Waals surface area (Å²) < 4.78 is 10.3. The van der Waals surface area contributed by atoms with E-state index in [0.29, 0.717) is 6.54 Å². The quantitative estimate of drug-likeness (QED) is 0.791. The third kappa shape index (κ3) is 2.50. The zero-order valence-corrected chi connectivity index (χ0v) is 8.49. The zero-order valence-electron chi connectivity index (χ0n) is 8.49. The van der Waals surface area contributed by atoms with E-state index < -0.39 is 0 Å². The molecular weight excluding hydrogens is 178 g/mol. The van der Waals surface area contributed by atoms with Crippen LogP contribution in [0.4, 0.5) is 0 Å². The summed E-state index contributed by atoms with van der Waals surface area (Å²) in [4.78, 5) is 0. The Morgan fingerprint density at radius 1 is 1.29 bits per heavy atom. The summed E-state index contributed by atoms with van der Waals surface area (Å²) in [6.07, 6.45) is 3.81. The van der Waals surface area contributed by atoms with Crippen LogP contribution in [0.5, 0.6) is 11.5 Å². The van der Waals surface area contributed by atoms with Gasteiger partial charge in [0.15, 0.2) is 0 Å². The highest BCUT2D eigenvalue weighted by molar-refractivity contribution is 5.59. The van der Waals surface area contributed by atoms with Crippen molar-refractivity contribution < 1.29 is 9.47 Å². The van der Waals surface area contributed by atoms with Gasteiger partial charge < -0.3 is 15.2 Å². The van der Waals surface area contributed by atoms with Gasteiger partial charge in [-0.05, 0) is 12.1 Å². The highest BCUT2D eigenvalue weighted by Gasteiger charge is 2.00. The lowest BCUT2D eigenvalue weighted by Crippen LogP contribution is -1.93. The summed E-state index contributed by atoms with van der Waals surface area (Å²) in [7, 11) is 3.26. The molecule has 76 valence electrons. The van der Waals surface area contributed by atoms with E-state index in [0.717, 1.165) is 17.1 Å². The van der Waals surface area contributed by atoms with Gasteiger partial charge in [-0.15, -0.1) is 0 Å². The molecule has 0 aliphatic carbocycles. The van der Waals surface area contributed by atoms with E-state index in [-0.39, 0.29) is 0 Å². The maximum Gasteiger partial charge on any atom is 0.129 e. The second-order valence-corrected chi connectivity index (χ2v) is 2.75. The normalized spacial score (nSPS) is 10.5. The van der Waals surface area contributed by atoms with E-state index in [1.54, 1.807) is 14.2 Å². The Labute approximate surface area is 84.1 Å².